The molecule has 3 saturated carbocycles. The first-order valence-corrected chi connectivity index (χ1v) is 9.38. The fraction of sp³-hybridized carbons (Fsp3) is 0.842. The summed E-state index contributed by atoms with van der Waals surface area (Å²) < 4.78 is 5.42. The van der Waals surface area contributed by atoms with E-state index < -0.39 is 0 Å². The van der Waals surface area contributed by atoms with E-state index in [0.717, 1.165) is 38.0 Å². The predicted octanol–water partition coefficient (Wildman–Crippen LogP) is 4.75. The number of hydrogen-bond donors (Lipinski definition) is 1. The standard InChI is InChI=1S/C19H28O2S/c1-18-10-9-16-14(15(18)7-8-17(18)20)6-4-12-3-5-13(21-22)11-19(12,16)2/h4,13-16,22H,3,5-11H2,1-2H3/t13?,14-,15-,16-,18-,19-/m0/s1. The molecule has 0 bridgehead atoms. The lowest BCUT2D eigenvalue weighted by molar-refractivity contribution is -0.132. The highest BCUT2D eigenvalue weighted by molar-refractivity contribution is 7.75. The Morgan fingerprint density at radius 3 is 2.68 bits per heavy atom. The number of fused-ring (bicyclic) bond motifs is 5. The molecule has 3 heteroatoms. The van der Waals surface area contributed by atoms with Crippen molar-refractivity contribution in [3.8, 4) is 0 Å². The number of hydrogen-bond acceptors (Lipinski definition) is 3. The van der Waals surface area contributed by atoms with E-state index in [0.29, 0.717) is 23.7 Å². The molecule has 4 aliphatic carbocycles. The van der Waals surface area contributed by atoms with Crippen LogP contribution >= 0.6 is 12.9 Å². The van der Waals surface area contributed by atoms with Crippen LogP contribution in [0.3, 0.4) is 0 Å². The van der Waals surface area contributed by atoms with Crippen LogP contribution in [0.1, 0.15) is 65.2 Å². The molecule has 0 saturated heterocycles. The maximum absolute atomic E-state index is 12.4. The SMILES string of the molecule is C[C@]12CC(OS)CCC1=CC[C@@H]1[C@@H]2CC[C@]2(C)C(=O)CC[C@@H]12. The lowest BCUT2D eigenvalue weighted by atomic mass is 9.48. The lowest BCUT2D eigenvalue weighted by Gasteiger charge is -2.57. The number of rotatable bonds is 1. The van der Waals surface area contributed by atoms with Gasteiger partial charge in [0.1, 0.15) is 5.78 Å². The van der Waals surface area contributed by atoms with Crippen molar-refractivity contribution in [3.05, 3.63) is 11.6 Å². The molecule has 6 atom stereocenters. The Hall–Kier alpha value is -0.280. The summed E-state index contributed by atoms with van der Waals surface area (Å²) in [6.45, 7) is 4.72. The van der Waals surface area contributed by atoms with Crippen molar-refractivity contribution in [2.75, 3.05) is 0 Å². The van der Waals surface area contributed by atoms with Crippen LogP contribution in [0.25, 0.3) is 0 Å². The third-order valence-corrected chi connectivity index (χ3v) is 8.17. The topological polar surface area (TPSA) is 26.3 Å². The average molecular weight is 320 g/mol. The third-order valence-electron chi connectivity index (χ3n) is 7.87. The van der Waals surface area contributed by atoms with E-state index in [2.05, 4.69) is 32.8 Å². The van der Waals surface area contributed by atoms with E-state index in [4.69, 9.17) is 4.18 Å². The molecule has 0 spiro atoms. The van der Waals surface area contributed by atoms with Gasteiger partial charge in [-0.2, -0.15) is 0 Å². The first-order valence-electron chi connectivity index (χ1n) is 9.02. The number of carbonyl (C=O) groups excluding carboxylic acids is 1. The van der Waals surface area contributed by atoms with E-state index >= 15 is 0 Å². The number of ketones is 1. The van der Waals surface area contributed by atoms with Crippen molar-refractivity contribution in [1.82, 2.24) is 0 Å². The zero-order valence-electron chi connectivity index (χ0n) is 13.8. The summed E-state index contributed by atoms with van der Waals surface area (Å²) >= 11 is 4.10. The second kappa shape index (κ2) is 5.11. The van der Waals surface area contributed by atoms with Crippen molar-refractivity contribution in [2.24, 2.45) is 28.6 Å². The van der Waals surface area contributed by atoms with Gasteiger partial charge in [0.25, 0.3) is 0 Å². The second-order valence-corrected chi connectivity index (χ2v) is 8.86. The van der Waals surface area contributed by atoms with Gasteiger partial charge in [-0.1, -0.05) is 25.5 Å². The molecule has 2 nitrogen and oxygen atoms in total. The fourth-order valence-corrected chi connectivity index (χ4v) is 6.76. The summed E-state index contributed by atoms with van der Waals surface area (Å²) in [6.07, 6.45) is 11.7. The molecule has 0 radical (unpaired) electrons. The molecule has 0 aromatic heterocycles. The summed E-state index contributed by atoms with van der Waals surface area (Å²) in [5.74, 6) is 2.60. The molecule has 4 aliphatic rings. The quantitative estimate of drug-likeness (QED) is 0.429. The van der Waals surface area contributed by atoms with Gasteiger partial charge < -0.3 is 4.18 Å². The highest BCUT2D eigenvalue weighted by atomic mass is 32.1. The van der Waals surface area contributed by atoms with E-state index in [1.165, 1.54) is 19.3 Å². The Labute approximate surface area is 139 Å². The fourth-order valence-electron chi connectivity index (χ4n) is 6.58. The van der Waals surface area contributed by atoms with Gasteiger partial charge in [0.2, 0.25) is 0 Å². The average Bonchev–Trinajstić information content (AvgIpc) is 2.81. The normalized spacial score (nSPS) is 50.9. The minimum absolute atomic E-state index is 0.0169. The Morgan fingerprint density at radius 1 is 1.14 bits per heavy atom. The first kappa shape index (κ1) is 15.3. The van der Waals surface area contributed by atoms with Gasteiger partial charge in [0, 0.05) is 11.8 Å². The summed E-state index contributed by atoms with van der Waals surface area (Å²) in [5.41, 5.74) is 1.93. The molecule has 0 amide bonds. The smallest absolute Gasteiger partial charge is 0.139 e. The van der Waals surface area contributed by atoms with Crippen molar-refractivity contribution in [2.45, 2.75) is 71.3 Å². The van der Waals surface area contributed by atoms with Crippen molar-refractivity contribution >= 4 is 18.7 Å². The van der Waals surface area contributed by atoms with E-state index in [1.54, 1.807) is 5.57 Å². The van der Waals surface area contributed by atoms with Crippen molar-refractivity contribution in [3.63, 3.8) is 0 Å². The Kier molecular flexibility index (Phi) is 3.54. The summed E-state index contributed by atoms with van der Waals surface area (Å²) in [7, 11) is 0. The Bertz CT molecular complexity index is 528. The van der Waals surface area contributed by atoms with Gasteiger partial charge in [-0.15, -0.1) is 0 Å². The van der Waals surface area contributed by atoms with Gasteiger partial charge >= 0.3 is 0 Å². The first-order chi connectivity index (χ1) is 10.5. The Balaban J connectivity index is 1.68. The van der Waals surface area contributed by atoms with Crippen LogP contribution in [-0.2, 0) is 8.98 Å². The maximum Gasteiger partial charge on any atom is 0.139 e. The molecule has 3 fully saturated rings. The van der Waals surface area contributed by atoms with Crippen LogP contribution in [0, 0.1) is 28.6 Å². The summed E-state index contributed by atoms with van der Waals surface area (Å²) in [6, 6.07) is 0. The van der Waals surface area contributed by atoms with Gasteiger partial charge in [0.15, 0.2) is 0 Å². The van der Waals surface area contributed by atoms with Crippen LogP contribution < -0.4 is 0 Å². The lowest BCUT2D eigenvalue weighted by Crippen LogP contribution is -2.51. The number of Topliss-reactive ketones (excluding diaryl/α,β-unsaturated/α-hetero) is 1. The van der Waals surface area contributed by atoms with Gasteiger partial charge in [-0.25, -0.2) is 0 Å². The molecule has 0 heterocycles. The van der Waals surface area contributed by atoms with Crippen LogP contribution in [0.4, 0.5) is 0 Å². The van der Waals surface area contributed by atoms with Gasteiger partial charge in [-0.05, 0) is 81.0 Å². The number of carbonyl (C=O) groups is 1. The molecule has 122 valence electrons. The van der Waals surface area contributed by atoms with Gasteiger partial charge in [-0.3, -0.25) is 4.79 Å². The van der Waals surface area contributed by atoms with Crippen LogP contribution in [0.2, 0.25) is 0 Å². The minimum Gasteiger partial charge on any atom is -0.315 e. The van der Waals surface area contributed by atoms with Crippen LogP contribution in [0.15, 0.2) is 11.6 Å². The molecule has 0 N–H and O–H groups in total. The third kappa shape index (κ3) is 1.94. The van der Waals surface area contributed by atoms with Crippen molar-refractivity contribution < 1.29 is 8.98 Å². The van der Waals surface area contributed by atoms with Crippen LogP contribution in [0.5, 0.6) is 0 Å². The predicted molar refractivity (Wildman–Crippen MR) is 90.6 cm³/mol. The zero-order valence-corrected chi connectivity index (χ0v) is 14.7. The molecule has 0 aromatic carbocycles. The highest BCUT2D eigenvalue weighted by Gasteiger charge is 2.58. The number of allylic oxidation sites excluding steroid dienone is 2. The van der Waals surface area contributed by atoms with E-state index in [-0.39, 0.29) is 10.8 Å². The number of thiol groups is 1. The molecule has 4 rings (SSSR count). The van der Waals surface area contributed by atoms with Crippen LogP contribution in [-0.4, -0.2) is 11.9 Å². The van der Waals surface area contributed by atoms with E-state index in [9.17, 15) is 4.79 Å². The highest BCUT2D eigenvalue weighted by Crippen LogP contribution is 2.64. The largest absolute Gasteiger partial charge is 0.315 e. The van der Waals surface area contributed by atoms with E-state index in [1.807, 2.05) is 0 Å². The molecule has 0 aliphatic heterocycles. The summed E-state index contributed by atoms with van der Waals surface area (Å²) in [4.78, 5) is 12.4. The molecular formula is C19H28O2S. The summed E-state index contributed by atoms with van der Waals surface area (Å²) in [5, 5.41) is 0. The second-order valence-electron chi connectivity index (χ2n) is 8.65. The maximum atomic E-state index is 12.4. The zero-order chi connectivity index (χ0) is 15.5. The molecule has 1 unspecified atom stereocenters. The Morgan fingerprint density at radius 2 is 1.91 bits per heavy atom. The van der Waals surface area contributed by atoms with Crippen molar-refractivity contribution in [1.29, 1.82) is 0 Å². The minimum atomic E-state index is -0.0169. The molecular weight excluding hydrogens is 292 g/mol. The molecule has 0 aromatic rings. The monoisotopic (exact) mass is 320 g/mol. The van der Waals surface area contributed by atoms with Gasteiger partial charge in [0.05, 0.1) is 6.10 Å². The molecule has 22 heavy (non-hydrogen) atoms.